The molecule has 2 aromatic heterocycles. The summed E-state index contributed by atoms with van der Waals surface area (Å²) in [7, 11) is 0. The van der Waals surface area contributed by atoms with Crippen LogP contribution in [-0.2, 0) is 0 Å². The highest BCUT2D eigenvalue weighted by Gasteiger charge is 2.26. The quantitative estimate of drug-likeness (QED) is 0.161. The van der Waals surface area contributed by atoms with E-state index in [1.807, 2.05) is 0 Å². The average Bonchev–Trinajstić information content (AvgIpc) is 3.85. The monoisotopic (exact) mass is 756 g/mol. The van der Waals surface area contributed by atoms with Gasteiger partial charge in [0.05, 0.1) is 27.8 Å². The van der Waals surface area contributed by atoms with E-state index in [1.54, 1.807) is 0 Å². The Kier molecular flexibility index (Phi) is 8.27. The Bertz CT molecular complexity index is 3270. The molecular weight excluding hydrogens is 717 g/mol. The van der Waals surface area contributed by atoms with E-state index in [4.69, 9.17) is 4.42 Å². The molecule has 0 saturated heterocycles. The summed E-state index contributed by atoms with van der Waals surface area (Å²) in [6, 6.07) is 74.3. The fourth-order valence-electron chi connectivity index (χ4n) is 9.01. The van der Waals surface area contributed by atoms with E-state index in [-0.39, 0.29) is 0 Å². The molecular formula is C56H40N2O. The van der Waals surface area contributed by atoms with E-state index >= 15 is 0 Å². The van der Waals surface area contributed by atoms with Crippen molar-refractivity contribution < 1.29 is 4.42 Å². The summed E-state index contributed by atoms with van der Waals surface area (Å²) >= 11 is 0. The molecule has 59 heavy (non-hydrogen) atoms. The number of fused-ring (bicyclic) bond motifs is 6. The van der Waals surface area contributed by atoms with E-state index in [2.05, 4.69) is 230 Å². The van der Waals surface area contributed by atoms with Gasteiger partial charge in [-0.05, 0) is 108 Å². The maximum absolute atomic E-state index is 6.93. The Morgan fingerprint density at radius 3 is 1.69 bits per heavy atom. The second kappa shape index (κ2) is 14.1. The third-order valence-electron chi connectivity index (χ3n) is 11.8. The van der Waals surface area contributed by atoms with Crippen LogP contribution in [0.25, 0.3) is 82.8 Å². The maximum atomic E-state index is 6.93. The Labute approximate surface area is 343 Å². The molecule has 0 amide bonds. The van der Waals surface area contributed by atoms with Crippen molar-refractivity contribution in [1.29, 1.82) is 0 Å². The number of benzene rings is 9. The molecule has 0 aliphatic rings. The van der Waals surface area contributed by atoms with Crippen LogP contribution in [0.5, 0.6) is 0 Å². The van der Waals surface area contributed by atoms with Gasteiger partial charge in [-0.3, -0.25) is 0 Å². The first-order valence-corrected chi connectivity index (χ1v) is 20.3. The van der Waals surface area contributed by atoms with Gasteiger partial charge in [0.1, 0.15) is 11.2 Å². The van der Waals surface area contributed by atoms with E-state index in [1.165, 1.54) is 44.1 Å². The van der Waals surface area contributed by atoms with Gasteiger partial charge in [0.25, 0.3) is 0 Å². The highest BCUT2D eigenvalue weighted by Crippen LogP contribution is 2.50. The Balaban J connectivity index is 1.14. The zero-order valence-electron chi connectivity index (χ0n) is 32.9. The molecule has 11 rings (SSSR count). The second-order valence-corrected chi connectivity index (χ2v) is 15.4. The van der Waals surface area contributed by atoms with Crippen LogP contribution in [0.1, 0.15) is 11.1 Å². The van der Waals surface area contributed by atoms with Crippen LogP contribution in [-0.4, -0.2) is 4.57 Å². The van der Waals surface area contributed by atoms with Crippen molar-refractivity contribution in [2.45, 2.75) is 13.8 Å². The molecule has 9 aromatic carbocycles. The largest absolute Gasteiger partial charge is 0.455 e. The Morgan fingerprint density at radius 2 is 1.02 bits per heavy atom. The van der Waals surface area contributed by atoms with Crippen LogP contribution >= 0.6 is 0 Å². The lowest BCUT2D eigenvalue weighted by atomic mass is 9.92. The van der Waals surface area contributed by atoms with Crippen molar-refractivity contribution >= 4 is 60.8 Å². The number of nitrogens with zero attached hydrogens (tertiary/aromatic N) is 2. The van der Waals surface area contributed by atoms with Crippen molar-refractivity contribution in [2.24, 2.45) is 0 Å². The third kappa shape index (κ3) is 5.82. The minimum atomic E-state index is 0.862. The van der Waals surface area contributed by atoms with Gasteiger partial charge >= 0.3 is 0 Å². The molecule has 3 heteroatoms. The first kappa shape index (κ1) is 34.6. The molecule has 3 nitrogen and oxygen atoms in total. The number of hydrogen-bond donors (Lipinski definition) is 0. The number of rotatable bonds is 7. The number of hydrogen-bond acceptors (Lipinski definition) is 2. The molecule has 0 unspecified atom stereocenters. The van der Waals surface area contributed by atoms with Crippen LogP contribution in [0.4, 0.5) is 17.1 Å². The van der Waals surface area contributed by atoms with Gasteiger partial charge in [-0.1, -0.05) is 145 Å². The minimum Gasteiger partial charge on any atom is -0.455 e. The van der Waals surface area contributed by atoms with Crippen LogP contribution in [0.2, 0.25) is 0 Å². The average molecular weight is 757 g/mol. The fraction of sp³-hybridized carbons (Fsp3) is 0.0357. The molecule has 2 heterocycles. The van der Waals surface area contributed by atoms with Crippen LogP contribution in [0.15, 0.2) is 211 Å². The van der Waals surface area contributed by atoms with E-state index < -0.39 is 0 Å². The molecule has 0 atom stereocenters. The lowest BCUT2D eigenvalue weighted by Gasteiger charge is -2.31. The molecule has 0 aliphatic heterocycles. The van der Waals surface area contributed by atoms with Gasteiger partial charge in [0.2, 0.25) is 0 Å². The van der Waals surface area contributed by atoms with Crippen molar-refractivity contribution in [2.75, 3.05) is 4.90 Å². The molecule has 0 N–H and O–H groups in total. The number of aromatic nitrogens is 1. The summed E-state index contributed by atoms with van der Waals surface area (Å²) in [5, 5.41) is 4.67. The zero-order valence-corrected chi connectivity index (χ0v) is 32.9. The number of para-hydroxylation sites is 3. The standard InChI is InChI=1S/C56H40N2O/c1-37-25-29-44(30-26-37)58(55-38(2)35-42(39-15-5-3-6-16-39)36-49(55)40-17-7-4-8-18-40)52-34-33-45(56-54(52)48-21-11-14-24-53(48)59-56)41-27-31-43(32-28-41)57-50-22-12-9-19-46(50)47-20-10-13-23-51(47)57/h3-36H,1-2H3. The van der Waals surface area contributed by atoms with E-state index in [0.29, 0.717) is 0 Å². The highest BCUT2D eigenvalue weighted by molar-refractivity contribution is 6.18. The van der Waals surface area contributed by atoms with E-state index in [0.717, 1.165) is 66.9 Å². The highest BCUT2D eigenvalue weighted by atomic mass is 16.3. The van der Waals surface area contributed by atoms with E-state index in [9.17, 15) is 0 Å². The molecule has 11 aromatic rings. The van der Waals surface area contributed by atoms with Crippen LogP contribution in [0, 0.1) is 13.8 Å². The van der Waals surface area contributed by atoms with Gasteiger partial charge in [0, 0.05) is 38.7 Å². The summed E-state index contributed by atoms with van der Waals surface area (Å²) < 4.78 is 9.29. The topological polar surface area (TPSA) is 21.3 Å². The SMILES string of the molecule is Cc1ccc(N(c2c(C)cc(-c3ccccc3)cc2-c2ccccc2)c2ccc(-c3ccc(-n4c5ccccc5c5ccccc54)cc3)c3oc4ccccc4c23)cc1. The predicted octanol–water partition coefficient (Wildman–Crippen LogP) is 15.8. The summed E-state index contributed by atoms with van der Waals surface area (Å²) in [4.78, 5) is 2.45. The van der Waals surface area contributed by atoms with Gasteiger partial charge in [-0.15, -0.1) is 0 Å². The second-order valence-electron chi connectivity index (χ2n) is 15.4. The maximum Gasteiger partial charge on any atom is 0.145 e. The van der Waals surface area contributed by atoms with Crippen LogP contribution < -0.4 is 4.90 Å². The zero-order chi connectivity index (χ0) is 39.5. The summed E-state index contributed by atoms with van der Waals surface area (Å²) in [6.07, 6.45) is 0. The molecule has 0 aliphatic carbocycles. The Hall–Kier alpha value is -7.62. The minimum absolute atomic E-state index is 0.862. The van der Waals surface area contributed by atoms with Gasteiger partial charge < -0.3 is 13.9 Å². The van der Waals surface area contributed by atoms with Gasteiger partial charge in [-0.25, -0.2) is 0 Å². The number of furan rings is 1. The van der Waals surface area contributed by atoms with Gasteiger partial charge in [0.15, 0.2) is 0 Å². The fourth-order valence-corrected chi connectivity index (χ4v) is 9.01. The van der Waals surface area contributed by atoms with Crippen molar-refractivity contribution in [3.63, 3.8) is 0 Å². The first-order chi connectivity index (χ1) is 29.1. The molecule has 0 spiro atoms. The van der Waals surface area contributed by atoms with Crippen LogP contribution in [0.3, 0.4) is 0 Å². The lowest BCUT2D eigenvalue weighted by Crippen LogP contribution is -2.13. The predicted molar refractivity (Wildman–Crippen MR) is 249 cm³/mol. The molecule has 0 bridgehead atoms. The van der Waals surface area contributed by atoms with Crippen molar-refractivity contribution in [3.05, 3.63) is 217 Å². The molecule has 280 valence electrons. The summed E-state index contributed by atoms with van der Waals surface area (Å²) in [5.41, 5.74) is 17.8. The molecule has 0 radical (unpaired) electrons. The normalized spacial score (nSPS) is 11.6. The molecule has 0 fully saturated rings. The third-order valence-corrected chi connectivity index (χ3v) is 11.8. The number of anilines is 3. The van der Waals surface area contributed by atoms with Crippen molar-refractivity contribution in [3.8, 4) is 39.1 Å². The summed E-state index contributed by atoms with van der Waals surface area (Å²) in [5.74, 6) is 0. The first-order valence-electron chi connectivity index (χ1n) is 20.3. The Morgan fingerprint density at radius 1 is 0.441 bits per heavy atom. The number of aryl methyl sites for hydroxylation is 2. The molecule has 0 saturated carbocycles. The van der Waals surface area contributed by atoms with Crippen molar-refractivity contribution in [1.82, 2.24) is 4.57 Å². The summed E-state index contributed by atoms with van der Waals surface area (Å²) in [6.45, 7) is 4.39. The lowest BCUT2D eigenvalue weighted by molar-refractivity contribution is 0.670. The van der Waals surface area contributed by atoms with Gasteiger partial charge in [-0.2, -0.15) is 0 Å². The smallest absolute Gasteiger partial charge is 0.145 e.